The second-order valence-electron chi connectivity index (χ2n) is 18.6. The van der Waals surface area contributed by atoms with E-state index < -0.39 is 37.7 Å². The first kappa shape index (κ1) is 61.6. The van der Waals surface area contributed by atoms with Crippen LogP contribution in [0.1, 0.15) is 232 Å². The molecular formula is C54H92NO8P. The standard InChI is InChI=1S/C54H92NO8P/c1-6-8-10-12-14-16-18-20-22-24-26-28-30-32-34-36-38-40-42-44-46-51(57)54(53(59)50-56,63-64(60,61)62-49-48-55(3,4)5)52(58)47-45-43-41-39-37-35-33-31-29-27-25-23-21-19-17-15-13-11-9-7-2/h53,56,59H,6-23,32-50H2,1-5H3/t53-/m0/s1. The van der Waals surface area contributed by atoms with Crippen LogP contribution < -0.4 is 4.89 Å². The van der Waals surface area contributed by atoms with E-state index in [4.69, 9.17) is 9.05 Å². The van der Waals surface area contributed by atoms with Crippen LogP contribution in [-0.4, -0.2) is 78.9 Å². The van der Waals surface area contributed by atoms with Gasteiger partial charge in [0.25, 0.3) is 7.82 Å². The van der Waals surface area contributed by atoms with Gasteiger partial charge in [0.15, 0.2) is 11.6 Å². The van der Waals surface area contributed by atoms with Crippen molar-refractivity contribution >= 4 is 19.4 Å². The molecule has 0 amide bonds. The molecule has 0 bridgehead atoms. The zero-order chi connectivity index (χ0) is 47.5. The Morgan fingerprint density at radius 1 is 0.547 bits per heavy atom. The first-order chi connectivity index (χ1) is 30.9. The average molecular weight is 914 g/mol. The minimum atomic E-state index is -5.25. The molecule has 2 N–H and O–H groups in total. The Hall–Kier alpha value is -2.43. The van der Waals surface area contributed by atoms with E-state index in [2.05, 4.69) is 61.2 Å². The fourth-order valence-electron chi connectivity index (χ4n) is 7.35. The third-order valence-electron chi connectivity index (χ3n) is 11.4. The molecule has 0 radical (unpaired) electrons. The number of rotatable bonds is 42. The molecule has 0 aliphatic carbocycles. The predicted octanol–water partition coefficient (Wildman–Crippen LogP) is 11.7. The fraction of sp³-hybridized carbons (Fsp3) is 0.815. The molecule has 0 saturated carbocycles. The van der Waals surface area contributed by atoms with Crippen molar-refractivity contribution in [3.63, 3.8) is 0 Å². The summed E-state index contributed by atoms with van der Waals surface area (Å²) in [7, 11) is 0.337. The van der Waals surface area contributed by atoms with Gasteiger partial charge < -0.3 is 24.1 Å². The maximum absolute atomic E-state index is 13.8. The molecule has 0 aromatic carbocycles. The number of aliphatic hydroxyl groups is 2. The Morgan fingerprint density at radius 2 is 0.844 bits per heavy atom. The zero-order valence-electron chi connectivity index (χ0n) is 41.5. The Bertz CT molecular complexity index is 1410. The van der Waals surface area contributed by atoms with Crippen molar-refractivity contribution in [2.75, 3.05) is 40.9 Å². The van der Waals surface area contributed by atoms with Crippen LogP contribution in [0.25, 0.3) is 0 Å². The molecule has 0 aliphatic rings. The molecule has 1 unspecified atom stereocenters. The molecule has 9 nitrogen and oxygen atoms in total. The highest BCUT2D eigenvalue weighted by Crippen LogP contribution is 2.46. The van der Waals surface area contributed by atoms with Crippen LogP contribution in [-0.2, 0) is 23.2 Å². The number of carbonyl (C=O) groups is 2. The highest BCUT2D eigenvalue weighted by atomic mass is 31.2. The maximum atomic E-state index is 13.8. The summed E-state index contributed by atoms with van der Waals surface area (Å²) in [6.45, 7) is 3.53. The van der Waals surface area contributed by atoms with Crippen molar-refractivity contribution in [2.24, 2.45) is 0 Å². The molecule has 0 heterocycles. The van der Waals surface area contributed by atoms with Gasteiger partial charge in [-0.25, -0.2) is 0 Å². The van der Waals surface area contributed by atoms with Crippen molar-refractivity contribution in [1.82, 2.24) is 0 Å². The molecular weight excluding hydrogens is 822 g/mol. The summed E-state index contributed by atoms with van der Waals surface area (Å²) in [5, 5.41) is 21.0. The quantitative estimate of drug-likeness (QED) is 0.0203. The summed E-state index contributed by atoms with van der Waals surface area (Å²) in [5.41, 5.74) is -2.77. The van der Waals surface area contributed by atoms with Gasteiger partial charge in [0.05, 0.1) is 27.7 Å². The third kappa shape index (κ3) is 35.8. The lowest BCUT2D eigenvalue weighted by Crippen LogP contribution is -2.59. The van der Waals surface area contributed by atoms with Crippen LogP contribution in [0.5, 0.6) is 0 Å². The summed E-state index contributed by atoms with van der Waals surface area (Å²) >= 11 is 0. The number of hydrogen-bond donors (Lipinski definition) is 2. The fourth-order valence-corrected chi connectivity index (χ4v) is 8.39. The number of quaternary nitrogens is 1. The number of ketones is 2. The summed E-state index contributed by atoms with van der Waals surface area (Å²) in [6, 6.07) is 0. The van der Waals surface area contributed by atoms with Gasteiger partial charge in [-0.15, -0.1) is 0 Å². The molecule has 0 spiro atoms. The molecule has 2 atom stereocenters. The molecule has 0 aromatic rings. The van der Waals surface area contributed by atoms with Gasteiger partial charge in [-0.3, -0.25) is 18.7 Å². The van der Waals surface area contributed by atoms with Gasteiger partial charge in [-0.1, -0.05) is 179 Å². The van der Waals surface area contributed by atoms with Gasteiger partial charge in [0.1, 0.15) is 19.3 Å². The minimum absolute atomic E-state index is 0.182. The van der Waals surface area contributed by atoms with Gasteiger partial charge in [-0.05, 0) is 62.2 Å². The minimum Gasteiger partial charge on any atom is -0.756 e. The lowest BCUT2D eigenvalue weighted by Gasteiger charge is -2.39. The van der Waals surface area contributed by atoms with Crippen LogP contribution in [0.3, 0.4) is 0 Å². The molecule has 10 heteroatoms. The van der Waals surface area contributed by atoms with Crippen molar-refractivity contribution in [2.45, 2.75) is 244 Å². The van der Waals surface area contributed by atoms with E-state index in [-0.39, 0.29) is 19.4 Å². The lowest BCUT2D eigenvalue weighted by molar-refractivity contribution is -0.870. The lowest BCUT2D eigenvalue weighted by atomic mass is 9.82. The highest BCUT2D eigenvalue weighted by Gasteiger charge is 2.53. The second-order valence-corrected chi connectivity index (χ2v) is 19.9. The SMILES string of the molecule is CCCCCCCCCCC#CC#CCCCCCCCCC(=O)C(OP(=O)([O-])OCC[N+](C)(C)C)(C(=O)CCCCCCCCC#CC#CCCCCCCCCCC)[C@@H](O)CO. The number of phosphoric ester groups is 1. The van der Waals surface area contributed by atoms with Crippen molar-refractivity contribution in [1.29, 1.82) is 0 Å². The normalized spacial score (nSPS) is 12.7. The molecule has 0 rings (SSSR count). The van der Waals surface area contributed by atoms with E-state index >= 15 is 0 Å². The summed E-state index contributed by atoms with van der Waals surface area (Å²) < 4.78 is 23.9. The van der Waals surface area contributed by atoms with Crippen LogP contribution in [0.15, 0.2) is 0 Å². The maximum Gasteiger partial charge on any atom is 0.269 e. The van der Waals surface area contributed by atoms with Crippen LogP contribution in [0, 0.1) is 47.4 Å². The number of carbonyl (C=O) groups excluding carboxylic acids is 2. The number of hydrogen-bond acceptors (Lipinski definition) is 8. The van der Waals surface area contributed by atoms with E-state index in [0.717, 1.165) is 89.9 Å². The Balaban J connectivity index is 4.88. The zero-order valence-corrected chi connectivity index (χ0v) is 42.4. The molecule has 366 valence electrons. The summed E-state index contributed by atoms with van der Waals surface area (Å²) in [4.78, 5) is 40.8. The van der Waals surface area contributed by atoms with Gasteiger partial charge in [0.2, 0.25) is 5.60 Å². The molecule has 0 aromatic heterocycles. The number of unbranched alkanes of at least 4 members (excludes halogenated alkanes) is 28. The Kier molecular flexibility index (Phi) is 40.4. The van der Waals surface area contributed by atoms with Crippen LogP contribution in [0.4, 0.5) is 0 Å². The monoisotopic (exact) mass is 914 g/mol. The number of likely N-dealkylation sites (N-methyl/N-ethyl adjacent to an activating group) is 1. The van der Waals surface area contributed by atoms with E-state index in [1.54, 1.807) is 0 Å². The van der Waals surface area contributed by atoms with Crippen molar-refractivity contribution in [3.05, 3.63) is 0 Å². The second kappa shape index (κ2) is 42.0. The van der Waals surface area contributed by atoms with E-state index in [1.165, 1.54) is 89.9 Å². The van der Waals surface area contributed by atoms with Crippen LogP contribution in [0.2, 0.25) is 0 Å². The Morgan fingerprint density at radius 3 is 1.14 bits per heavy atom. The number of nitrogens with zero attached hydrogens (tertiary/aromatic N) is 1. The van der Waals surface area contributed by atoms with Gasteiger partial charge in [-0.2, -0.15) is 0 Å². The Labute approximate surface area is 393 Å². The third-order valence-corrected chi connectivity index (χ3v) is 12.4. The number of phosphoric acid groups is 1. The van der Waals surface area contributed by atoms with Crippen LogP contribution >= 0.6 is 7.82 Å². The molecule has 0 saturated heterocycles. The number of aliphatic hydroxyl groups excluding tert-OH is 2. The first-order valence-electron chi connectivity index (χ1n) is 25.6. The topological polar surface area (TPSA) is 133 Å². The predicted molar refractivity (Wildman–Crippen MR) is 263 cm³/mol. The molecule has 0 aliphatic heterocycles. The van der Waals surface area contributed by atoms with Gasteiger partial charge >= 0.3 is 0 Å². The molecule has 64 heavy (non-hydrogen) atoms. The largest absolute Gasteiger partial charge is 0.756 e. The van der Waals surface area contributed by atoms with Crippen molar-refractivity contribution < 1.29 is 42.8 Å². The average Bonchev–Trinajstić information content (AvgIpc) is 3.25. The number of Topliss-reactive ketones (excluding diaryl/α,β-unsaturated/α-hetero) is 2. The van der Waals surface area contributed by atoms with Gasteiger partial charge in [0, 0.05) is 38.5 Å². The van der Waals surface area contributed by atoms with Crippen molar-refractivity contribution in [3.8, 4) is 47.4 Å². The van der Waals surface area contributed by atoms with E-state index in [9.17, 15) is 29.3 Å². The van der Waals surface area contributed by atoms with E-state index in [0.29, 0.717) is 36.7 Å². The highest BCUT2D eigenvalue weighted by molar-refractivity contribution is 7.46. The summed E-state index contributed by atoms with van der Waals surface area (Å²) in [5.74, 6) is 22.8. The smallest absolute Gasteiger partial charge is 0.269 e. The first-order valence-corrected chi connectivity index (χ1v) is 27.1. The van der Waals surface area contributed by atoms with E-state index in [1.807, 2.05) is 21.1 Å². The molecule has 0 fully saturated rings. The summed E-state index contributed by atoms with van der Waals surface area (Å²) in [6.07, 6.45) is 31.1.